The zero-order valence-electron chi connectivity index (χ0n) is 10.6. The number of Topliss-reactive ketones (excluding diaryl/α,β-unsaturated/α-hetero) is 2. The molecule has 18 heavy (non-hydrogen) atoms. The van der Waals surface area contributed by atoms with Crippen LogP contribution in [0.2, 0.25) is 0 Å². The molecule has 94 valence electrons. The van der Waals surface area contributed by atoms with Crippen LogP contribution in [0.4, 0.5) is 0 Å². The second-order valence-electron chi connectivity index (χ2n) is 4.60. The van der Waals surface area contributed by atoms with E-state index in [0.29, 0.717) is 5.56 Å². The Balaban J connectivity index is 2.28. The third-order valence-electron chi connectivity index (χ3n) is 3.22. The molecule has 2 rings (SSSR count). The standard InChI is InChI=1S/C15H17NO2/c1-11(17)14(13-9-5-6-10-16-13)15(18)12-7-3-2-4-8-12/h2-4,7-8,14H,5-6,9-10H2,1H3. The Labute approximate surface area is 107 Å². The minimum absolute atomic E-state index is 0.107. The van der Waals surface area contributed by atoms with Crippen LogP contribution in [0.3, 0.4) is 0 Å². The SMILES string of the molecule is CC(=O)C(C(=O)c1ccccc1)C1=NCCCC1. The van der Waals surface area contributed by atoms with E-state index in [2.05, 4.69) is 4.99 Å². The van der Waals surface area contributed by atoms with Crippen LogP contribution in [-0.2, 0) is 4.79 Å². The summed E-state index contributed by atoms with van der Waals surface area (Å²) in [7, 11) is 0. The van der Waals surface area contributed by atoms with Gasteiger partial charge in [-0.2, -0.15) is 0 Å². The zero-order valence-corrected chi connectivity index (χ0v) is 10.6. The predicted octanol–water partition coefficient (Wildman–Crippen LogP) is 2.70. The largest absolute Gasteiger partial charge is 0.299 e. The molecular weight excluding hydrogens is 226 g/mol. The number of carbonyl (C=O) groups excluding carboxylic acids is 2. The lowest BCUT2D eigenvalue weighted by Crippen LogP contribution is -2.32. The maximum absolute atomic E-state index is 12.4. The van der Waals surface area contributed by atoms with E-state index >= 15 is 0 Å². The average Bonchev–Trinajstić information content (AvgIpc) is 2.40. The average molecular weight is 243 g/mol. The first-order valence-corrected chi connectivity index (χ1v) is 6.33. The highest BCUT2D eigenvalue weighted by Crippen LogP contribution is 2.18. The van der Waals surface area contributed by atoms with Gasteiger partial charge in [0, 0.05) is 17.8 Å². The van der Waals surface area contributed by atoms with Gasteiger partial charge in [0.2, 0.25) is 0 Å². The molecule has 3 nitrogen and oxygen atoms in total. The number of rotatable bonds is 4. The Kier molecular flexibility index (Phi) is 4.03. The molecule has 0 saturated heterocycles. The first kappa shape index (κ1) is 12.7. The fourth-order valence-electron chi connectivity index (χ4n) is 2.29. The molecule has 1 heterocycles. The Morgan fingerprint density at radius 1 is 1.17 bits per heavy atom. The Bertz CT molecular complexity index is 477. The highest BCUT2D eigenvalue weighted by Gasteiger charge is 2.29. The molecule has 1 unspecified atom stereocenters. The van der Waals surface area contributed by atoms with Gasteiger partial charge in [-0.1, -0.05) is 30.3 Å². The molecule has 0 bridgehead atoms. The van der Waals surface area contributed by atoms with Crippen molar-refractivity contribution in [3.05, 3.63) is 35.9 Å². The summed E-state index contributed by atoms with van der Waals surface area (Å²) >= 11 is 0. The van der Waals surface area contributed by atoms with Crippen molar-refractivity contribution < 1.29 is 9.59 Å². The molecule has 0 radical (unpaired) electrons. The summed E-state index contributed by atoms with van der Waals surface area (Å²) in [6.07, 6.45) is 2.83. The smallest absolute Gasteiger partial charge is 0.178 e. The van der Waals surface area contributed by atoms with Crippen molar-refractivity contribution in [3.8, 4) is 0 Å². The Morgan fingerprint density at radius 2 is 1.89 bits per heavy atom. The first-order chi connectivity index (χ1) is 8.70. The van der Waals surface area contributed by atoms with E-state index in [1.807, 2.05) is 18.2 Å². The number of carbonyl (C=O) groups is 2. The summed E-state index contributed by atoms with van der Waals surface area (Å²) in [5, 5.41) is 0. The second-order valence-corrected chi connectivity index (χ2v) is 4.60. The summed E-state index contributed by atoms with van der Waals surface area (Å²) in [5.41, 5.74) is 1.36. The number of nitrogens with zero attached hydrogens (tertiary/aromatic N) is 1. The lowest BCUT2D eigenvalue weighted by molar-refractivity contribution is -0.117. The molecule has 0 N–H and O–H groups in total. The minimum Gasteiger partial charge on any atom is -0.299 e. The van der Waals surface area contributed by atoms with Crippen LogP contribution < -0.4 is 0 Å². The summed E-state index contributed by atoms with van der Waals surface area (Å²) in [5.74, 6) is -0.902. The summed E-state index contributed by atoms with van der Waals surface area (Å²) in [4.78, 5) is 28.5. The molecule has 0 aromatic heterocycles. The van der Waals surface area contributed by atoms with E-state index in [9.17, 15) is 9.59 Å². The number of benzene rings is 1. The molecule has 0 saturated carbocycles. The van der Waals surface area contributed by atoms with Gasteiger partial charge in [-0.05, 0) is 26.2 Å². The summed E-state index contributed by atoms with van der Waals surface area (Å²) in [6.45, 7) is 2.21. The topological polar surface area (TPSA) is 46.5 Å². The van der Waals surface area contributed by atoms with Crippen molar-refractivity contribution in [2.75, 3.05) is 6.54 Å². The number of aliphatic imine (C=N–C) groups is 1. The van der Waals surface area contributed by atoms with Crippen molar-refractivity contribution in [1.82, 2.24) is 0 Å². The number of hydrogen-bond acceptors (Lipinski definition) is 3. The molecule has 1 aliphatic rings. The van der Waals surface area contributed by atoms with Crippen LogP contribution in [0, 0.1) is 5.92 Å². The van der Waals surface area contributed by atoms with Crippen LogP contribution in [0.5, 0.6) is 0 Å². The van der Waals surface area contributed by atoms with Gasteiger partial charge in [0.25, 0.3) is 0 Å². The van der Waals surface area contributed by atoms with Gasteiger partial charge in [-0.3, -0.25) is 14.6 Å². The third kappa shape index (κ3) is 2.73. The molecular formula is C15H17NO2. The normalized spacial score (nSPS) is 16.8. The maximum atomic E-state index is 12.4. The van der Waals surface area contributed by atoms with E-state index < -0.39 is 5.92 Å². The van der Waals surface area contributed by atoms with Gasteiger partial charge in [0.15, 0.2) is 5.78 Å². The summed E-state index contributed by atoms with van der Waals surface area (Å²) in [6, 6.07) is 8.99. The van der Waals surface area contributed by atoms with Gasteiger partial charge < -0.3 is 0 Å². The van der Waals surface area contributed by atoms with Gasteiger partial charge in [-0.15, -0.1) is 0 Å². The lowest BCUT2D eigenvalue weighted by Gasteiger charge is -2.19. The van der Waals surface area contributed by atoms with Crippen molar-refractivity contribution in [2.24, 2.45) is 10.9 Å². The molecule has 0 amide bonds. The second kappa shape index (κ2) is 5.71. The third-order valence-corrected chi connectivity index (χ3v) is 3.22. The van der Waals surface area contributed by atoms with Gasteiger partial charge in [0.1, 0.15) is 11.7 Å². The van der Waals surface area contributed by atoms with Crippen molar-refractivity contribution >= 4 is 17.3 Å². The molecule has 1 aromatic carbocycles. The first-order valence-electron chi connectivity index (χ1n) is 6.33. The highest BCUT2D eigenvalue weighted by atomic mass is 16.1. The van der Waals surface area contributed by atoms with Crippen molar-refractivity contribution in [1.29, 1.82) is 0 Å². The fraction of sp³-hybridized carbons (Fsp3) is 0.400. The zero-order chi connectivity index (χ0) is 13.0. The number of hydrogen-bond donors (Lipinski definition) is 0. The van der Waals surface area contributed by atoms with Crippen LogP contribution >= 0.6 is 0 Å². The Morgan fingerprint density at radius 3 is 2.44 bits per heavy atom. The monoisotopic (exact) mass is 243 g/mol. The van der Waals surface area contributed by atoms with Gasteiger partial charge >= 0.3 is 0 Å². The van der Waals surface area contributed by atoms with E-state index in [1.54, 1.807) is 12.1 Å². The fourth-order valence-corrected chi connectivity index (χ4v) is 2.29. The molecule has 1 aliphatic heterocycles. The van der Waals surface area contributed by atoms with Crippen LogP contribution in [0.1, 0.15) is 36.5 Å². The van der Waals surface area contributed by atoms with E-state index in [4.69, 9.17) is 0 Å². The highest BCUT2D eigenvalue weighted by molar-refractivity contribution is 6.25. The molecule has 0 aliphatic carbocycles. The molecule has 3 heteroatoms. The van der Waals surface area contributed by atoms with E-state index in [1.165, 1.54) is 6.92 Å². The van der Waals surface area contributed by atoms with Crippen LogP contribution in [0.25, 0.3) is 0 Å². The van der Waals surface area contributed by atoms with Crippen molar-refractivity contribution in [2.45, 2.75) is 26.2 Å². The van der Waals surface area contributed by atoms with E-state index in [-0.39, 0.29) is 11.6 Å². The van der Waals surface area contributed by atoms with E-state index in [0.717, 1.165) is 31.5 Å². The Hall–Kier alpha value is -1.77. The molecule has 1 atom stereocenters. The minimum atomic E-state index is -0.673. The lowest BCUT2D eigenvalue weighted by atomic mass is 9.86. The van der Waals surface area contributed by atoms with Crippen LogP contribution in [0.15, 0.2) is 35.3 Å². The maximum Gasteiger partial charge on any atom is 0.178 e. The van der Waals surface area contributed by atoms with Gasteiger partial charge in [-0.25, -0.2) is 0 Å². The molecule has 0 fully saturated rings. The van der Waals surface area contributed by atoms with Gasteiger partial charge in [0.05, 0.1) is 0 Å². The van der Waals surface area contributed by atoms with Crippen LogP contribution in [-0.4, -0.2) is 23.8 Å². The molecule has 0 spiro atoms. The predicted molar refractivity (Wildman–Crippen MR) is 71.1 cm³/mol. The summed E-state index contributed by atoms with van der Waals surface area (Å²) < 4.78 is 0. The molecule has 1 aromatic rings. The number of ketones is 2. The quantitative estimate of drug-likeness (QED) is 0.603. The van der Waals surface area contributed by atoms with Crippen molar-refractivity contribution in [3.63, 3.8) is 0 Å².